The second kappa shape index (κ2) is 4.65. The van der Waals surface area contributed by atoms with Crippen LogP contribution in [0.4, 0.5) is 0 Å². The summed E-state index contributed by atoms with van der Waals surface area (Å²) >= 11 is 0. The van der Waals surface area contributed by atoms with Gasteiger partial charge in [-0.15, -0.1) is 0 Å². The maximum Gasteiger partial charge on any atom is 1.00 e. The van der Waals surface area contributed by atoms with Crippen molar-refractivity contribution in [3.8, 4) is 0 Å². The molecule has 0 aromatic carbocycles. The van der Waals surface area contributed by atoms with E-state index in [1.54, 1.807) is 0 Å². The monoisotopic (exact) mass is 259 g/mol. The Hall–Kier alpha value is -1.48. The third kappa shape index (κ3) is 1.99. The quantitative estimate of drug-likeness (QED) is 0.468. The molecule has 1 aliphatic rings. The fraction of sp³-hybridized carbons (Fsp3) is 0.600. The highest BCUT2D eigenvalue weighted by atomic mass is 16.6. The minimum Gasteiger partial charge on any atom is -0.394 e. The van der Waals surface area contributed by atoms with Crippen LogP contribution in [0.1, 0.15) is 13.2 Å². The lowest BCUT2D eigenvalue weighted by Crippen LogP contribution is -2.38. The number of aliphatic hydroxyl groups is 3. The number of hydrogen-bond acceptors (Lipinski definition) is 6. The van der Waals surface area contributed by atoms with Crippen LogP contribution < -0.4 is 11.2 Å². The Labute approximate surface area is 103 Å². The van der Waals surface area contributed by atoms with Gasteiger partial charge in [-0.25, -0.2) is 4.79 Å². The summed E-state index contributed by atoms with van der Waals surface area (Å²) in [5, 5.41) is 28.3. The number of ether oxygens (including phenoxy) is 1. The Kier molecular flexibility index (Phi) is 3.35. The molecule has 0 spiro atoms. The van der Waals surface area contributed by atoms with Gasteiger partial charge in [-0.2, -0.15) is 0 Å². The van der Waals surface area contributed by atoms with Gasteiger partial charge in [-0.1, -0.05) is 0 Å². The number of aryl methyl sites for hydroxylation is 1. The van der Waals surface area contributed by atoms with Gasteiger partial charge in [0.2, 0.25) is 0 Å². The number of aromatic amines is 1. The first kappa shape index (κ1) is 13.0. The molecule has 0 bridgehead atoms. The number of H-pyrrole nitrogens is 1. The van der Waals surface area contributed by atoms with Crippen LogP contribution in [0.3, 0.4) is 0 Å². The summed E-state index contributed by atoms with van der Waals surface area (Å²) in [5.74, 6) is 0. The summed E-state index contributed by atoms with van der Waals surface area (Å²) in [6.07, 6.45) is -3.52. The largest absolute Gasteiger partial charge is 1.00 e. The maximum atomic E-state index is 11.6. The van der Waals surface area contributed by atoms with Crippen LogP contribution in [0, 0.1) is 6.92 Å². The number of aliphatic hydroxyl groups excluding tert-OH is 3. The Morgan fingerprint density at radius 1 is 1.44 bits per heavy atom. The Bertz CT molecular complexity index is 556. The highest BCUT2D eigenvalue weighted by Crippen LogP contribution is 2.27. The summed E-state index contributed by atoms with van der Waals surface area (Å²) in [6, 6.07) is 0. The zero-order valence-corrected chi connectivity index (χ0v) is 9.61. The first-order valence-electron chi connectivity index (χ1n) is 5.40. The molecule has 2 heterocycles. The second-order valence-corrected chi connectivity index (χ2v) is 4.21. The van der Waals surface area contributed by atoms with E-state index in [9.17, 15) is 19.8 Å². The molecule has 1 fully saturated rings. The molecule has 8 heteroatoms. The van der Waals surface area contributed by atoms with Crippen molar-refractivity contribution in [2.24, 2.45) is 0 Å². The first-order valence-corrected chi connectivity index (χ1v) is 5.40. The molecule has 0 amide bonds. The van der Waals surface area contributed by atoms with E-state index in [0.29, 0.717) is 0 Å². The molecule has 1 saturated heterocycles. The highest BCUT2D eigenvalue weighted by molar-refractivity contribution is 5.03. The van der Waals surface area contributed by atoms with Crippen LogP contribution in [0.15, 0.2) is 15.8 Å². The summed E-state index contributed by atoms with van der Waals surface area (Å²) in [4.78, 5) is 24.9. The number of nitrogens with zero attached hydrogens (tertiary/aromatic N) is 1. The molecular weight excluding hydrogens is 244 g/mol. The summed E-state index contributed by atoms with van der Waals surface area (Å²) < 4.78 is 6.17. The third-order valence-electron chi connectivity index (χ3n) is 2.94. The molecule has 2 rings (SSSR count). The zero-order valence-electron chi connectivity index (χ0n) is 10.6. The topological polar surface area (TPSA) is 125 Å². The molecular formula is C10H15N2O6+. The second-order valence-electron chi connectivity index (χ2n) is 4.21. The molecule has 0 saturated carbocycles. The van der Waals surface area contributed by atoms with Crippen molar-refractivity contribution in [2.45, 2.75) is 31.5 Å². The van der Waals surface area contributed by atoms with E-state index in [2.05, 4.69) is 4.98 Å². The van der Waals surface area contributed by atoms with Crippen molar-refractivity contribution in [2.75, 3.05) is 6.61 Å². The smallest absolute Gasteiger partial charge is 0.394 e. The summed E-state index contributed by atoms with van der Waals surface area (Å²) in [7, 11) is 0. The van der Waals surface area contributed by atoms with Gasteiger partial charge in [0.25, 0.3) is 5.56 Å². The Morgan fingerprint density at radius 3 is 2.67 bits per heavy atom. The van der Waals surface area contributed by atoms with Gasteiger partial charge in [-0.05, 0) is 6.92 Å². The number of aromatic nitrogens is 2. The minimum atomic E-state index is -1.36. The van der Waals surface area contributed by atoms with Gasteiger partial charge in [-0.3, -0.25) is 14.3 Å². The molecule has 1 aliphatic heterocycles. The van der Waals surface area contributed by atoms with E-state index >= 15 is 0 Å². The predicted octanol–water partition coefficient (Wildman–Crippen LogP) is -2.43. The average molecular weight is 259 g/mol. The lowest BCUT2D eigenvalue weighted by atomic mass is 10.1. The number of rotatable bonds is 2. The zero-order chi connectivity index (χ0) is 13.4. The molecule has 1 aromatic rings. The molecule has 4 N–H and O–H groups in total. The van der Waals surface area contributed by atoms with Gasteiger partial charge in [0, 0.05) is 11.8 Å². The van der Waals surface area contributed by atoms with Gasteiger partial charge in [0.05, 0.1) is 6.61 Å². The molecule has 18 heavy (non-hydrogen) atoms. The predicted molar refractivity (Wildman–Crippen MR) is 60.2 cm³/mol. The Morgan fingerprint density at radius 2 is 2.11 bits per heavy atom. The van der Waals surface area contributed by atoms with Gasteiger partial charge in [0.1, 0.15) is 18.3 Å². The maximum absolute atomic E-state index is 11.6. The van der Waals surface area contributed by atoms with Crippen molar-refractivity contribution in [1.29, 1.82) is 0 Å². The molecule has 4 atom stereocenters. The third-order valence-corrected chi connectivity index (χ3v) is 2.94. The first-order chi connectivity index (χ1) is 8.45. The van der Waals surface area contributed by atoms with Gasteiger partial charge >= 0.3 is 7.12 Å². The van der Waals surface area contributed by atoms with Crippen LogP contribution in [0.2, 0.25) is 0 Å². The SMILES string of the molecule is Cc1cn([C@@H]2O[C@H](CO)[C@@H](O)[C@H]2O)c(=O)[nH]c1=O.[H+]. The number of hydrogen-bond donors (Lipinski definition) is 4. The van der Waals surface area contributed by atoms with E-state index in [0.717, 1.165) is 4.57 Å². The fourth-order valence-corrected chi connectivity index (χ4v) is 1.88. The normalized spacial score (nSPS) is 31.8. The Balaban J connectivity index is 0.00000180. The van der Waals surface area contributed by atoms with Crippen molar-refractivity contribution >= 4 is 0 Å². The summed E-state index contributed by atoms with van der Waals surface area (Å²) in [5.41, 5.74) is -1.00. The van der Waals surface area contributed by atoms with Crippen molar-refractivity contribution in [1.82, 2.24) is 9.55 Å². The van der Waals surface area contributed by atoms with E-state index in [-0.39, 0.29) is 6.99 Å². The molecule has 0 radical (unpaired) electrons. The standard InChI is InChI=1S/C10H14N2O6/c1-4-2-12(10(17)11-8(4)16)9-7(15)6(14)5(3-13)18-9/h2,5-7,9,13-15H,3H2,1H3,(H,11,16,17)/p+1/t5-,6-,7-,9-/m1/s1. The lowest BCUT2D eigenvalue weighted by molar-refractivity contribution is -0.0551. The van der Waals surface area contributed by atoms with E-state index < -0.39 is 42.4 Å². The van der Waals surface area contributed by atoms with Gasteiger partial charge in [0.15, 0.2) is 6.23 Å². The molecule has 8 nitrogen and oxygen atoms in total. The van der Waals surface area contributed by atoms with Crippen molar-refractivity contribution in [3.05, 3.63) is 32.6 Å². The highest BCUT2D eigenvalue weighted by Gasteiger charge is 2.43. The van der Waals surface area contributed by atoms with Crippen LogP contribution in [-0.4, -0.2) is 49.8 Å². The van der Waals surface area contributed by atoms with Gasteiger partial charge < -0.3 is 20.1 Å². The molecule has 0 aliphatic carbocycles. The van der Waals surface area contributed by atoms with Crippen LogP contribution >= 0.6 is 0 Å². The van der Waals surface area contributed by atoms with Crippen molar-refractivity contribution < 1.29 is 21.5 Å². The van der Waals surface area contributed by atoms with E-state index in [4.69, 9.17) is 9.84 Å². The van der Waals surface area contributed by atoms with Crippen LogP contribution in [0.25, 0.3) is 0 Å². The molecule has 0 unspecified atom stereocenters. The van der Waals surface area contributed by atoms with Crippen molar-refractivity contribution in [3.63, 3.8) is 0 Å². The fourth-order valence-electron chi connectivity index (χ4n) is 1.88. The molecule has 1 aromatic heterocycles. The van der Waals surface area contributed by atoms with Crippen LogP contribution in [-0.2, 0) is 4.74 Å². The lowest BCUT2D eigenvalue weighted by Gasteiger charge is -2.17. The average Bonchev–Trinajstić information content (AvgIpc) is 2.61. The minimum absolute atomic E-state index is 0. The van der Waals surface area contributed by atoms with E-state index in [1.807, 2.05) is 0 Å². The summed E-state index contributed by atoms with van der Waals surface area (Å²) in [6.45, 7) is 1.02. The molecule has 100 valence electrons. The van der Waals surface area contributed by atoms with E-state index in [1.165, 1.54) is 13.1 Å². The van der Waals surface area contributed by atoms with Crippen LogP contribution in [0.5, 0.6) is 0 Å². The number of nitrogens with one attached hydrogen (secondary N) is 1.